The van der Waals surface area contributed by atoms with Gasteiger partial charge in [0.05, 0.1) is 29.1 Å². The first-order valence-corrected chi connectivity index (χ1v) is 13.6. The molecule has 0 radical (unpaired) electrons. The van der Waals surface area contributed by atoms with Crippen molar-refractivity contribution in [3.8, 4) is 0 Å². The largest absolute Gasteiger partial charge is 0.435 e. The number of amides is 2. The Morgan fingerprint density at radius 3 is 2.50 bits per heavy atom. The molecule has 1 aromatic carbocycles. The van der Waals surface area contributed by atoms with Crippen LogP contribution in [0, 0.1) is 17.6 Å². The molecule has 2 amide bonds. The number of aliphatic hydroxyl groups is 1. The van der Waals surface area contributed by atoms with E-state index in [9.17, 15) is 41.0 Å². The number of nitrogens with zero attached hydrogens (tertiary/aromatic N) is 3. The van der Waals surface area contributed by atoms with Gasteiger partial charge in [0.15, 0.2) is 5.69 Å². The van der Waals surface area contributed by atoms with E-state index in [1.165, 1.54) is 25.3 Å². The van der Waals surface area contributed by atoms with Crippen LogP contribution in [0.25, 0.3) is 5.57 Å². The van der Waals surface area contributed by atoms with Gasteiger partial charge in [-0.05, 0) is 73.9 Å². The van der Waals surface area contributed by atoms with Gasteiger partial charge >= 0.3 is 6.18 Å². The fraction of sp³-hybridized carbons (Fsp3) is 0.333. The molecule has 0 bridgehead atoms. The van der Waals surface area contributed by atoms with Crippen LogP contribution in [0.15, 0.2) is 54.0 Å². The summed E-state index contributed by atoms with van der Waals surface area (Å²) in [6.07, 6.45) is -3.25. The topological polar surface area (TPSA) is 123 Å². The van der Waals surface area contributed by atoms with E-state index in [0.29, 0.717) is 23.6 Å². The van der Waals surface area contributed by atoms with Gasteiger partial charge in [-0.2, -0.15) is 18.3 Å². The molecule has 2 heterocycles. The van der Waals surface area contributed by atoms with Crippen molar-refractivity contribution in [3.63, 3.8) is 0 Å². The number of carbonyl (C=O) groups is 2. The number of nitrogens with one attached hydrogen (secondary N) is 1. The van der Waals surface area contributed by atoms with Crippen LogP contribution in [0.5, 0.6) is 0 Å². The highest BCUT2D eigenvalue weighted by atomic mass is 19.4. The second-order valence-electron chi connectivity index (χ2n) is 10.9. The Labute approximate surface area is 247 Å². The molecule has 3 aromatic rings. The Morgan fingerprint density at radius 2 is 1.89 bits per heavy atom. The average molecular weight is 620 g/mol. The maximum Gasteiger partial charge on any atom is 0.435 e. The molecule has 2 aliphatic carbocycles. The number of nitrogens with two attached hydrogens (primary N) is 1. The highest BCUT2D eigenvalue weighted by Crippen LogP contribution is 2.63. The van der Waals surface area contributed by atoms with E-state index in [0.717, 1.165) is 23.7 Å². The summed E-state index contributed by atoms with van der Waals surface area (Å²) in [5, 5.41) is 16.9. The zero-order valence-electron chi connectivity index (χ0n) is 23.4. The van der Waals surface area contributed by atoms with Crippen molar-refractivity contribution >= 4 is 17.4 Å². The van der Waals surface area contributed by atoms with E-state index < -0.39 is 71.3 Å². The van der Waals surface area contributed by atoms with Crippen molar-refractivity contribution < 1.29 is 41.0 Å². The summed E-state index contributed by atoms with van der Waals surface area (Å²) in [6, 6.07) is 4.74. The van der Waals surface area contributed by atoms with Crippen molar-refractivity contribution in [2.45, 2.75) is 57.5 Å². The Hall–Kier alpha value is -4.46. The highest BCUT2D eigenvalue weighted by molar-refractivity contribution is 5.97. The molecule has 0 saturated heterocycles. The summed E-state index contributed by atoms with van der Waals surface area (Å²) in [6.45, 7) is 1.88. The molecule has 0 spiro atoms. The lowest BCUT2D eigenvalue weighted by Gasteiger charge is -2.22. The van der Waals surface area contributed by atoms with E-state index in [-0.39, 0.29) is 34.9 Å². The van der Waals surface area contributed by atoms with Crippen molar-refractivity contribution in [3.05, 3.63) is 99.4 Å². The number of fused-ring (bicyclic) bond motifs is 3. The van der Waals surface area contributed by atoms with Crippen LogP contribution in [0.1, 0.15) is 72.1 Å². The molecule has 8 nitrogen and oxygen atoms in total. The lowest BCUT2D eigenvalue weighted by molar-refractivity contribution is -0.142. The highest BCUT2D eigenvalue weighted by Gasteiger charge is 2.58. The summed E-state index contributed by atoms with van der Waals surface area (Å²) in [5.74, 6) is -5.30. The van der Waals surface area contributed by atoms with Gasteiger partial charge in [-0.3, -0.25) is 19.3 Å². The minimum absolute atomic E-state index is 0.0675. The molecule has 14 heteroatoms. The number of alkyl halides is 3. The summed E-state index contributed by atoms with van der Waals surface area (Å²) >= 11 is 0. The molecule has 44 heavy (non-hydrogen) atoms. The van der Waals surface area contributed by atoms with E-state index in [1.54, 1.807) is 6.07 Å². The smallest absolute Gasteiger partial charge is 0.386 e. The number of halogens is 6. The second kappa shape index (κ2) is 11.6. The Morgan fingerprint density at radius 1 is 1.20 bits per heavy atom. The molecule has 4 atom stereocenters. The summed E-state index contributed by atoms with van der Waals surface area (Å²) in [5.41, 5.74) is 4.48. The van der Waals surface area contributed by atoms with Crippen LogP contribution in [-0.4, -0.2) is 31.7 Å². The van der Waals surface area contributed by atoms with Gasteiger partial charge in [0.1, 0.15) is 24.0 Å². The van der Waals surface area contributed by atoms with E-state index in [2.05, 4.69) is 15.4 Å². The number of primary amides is 1. The molecule has 4 unspecified atom stereocenters. The molecule has 4 N–H and O–H groups in total. The number of carbonyl (C=O) groups excluding carboxylic acids is 2. The summed E-state index contributed by atoms with van der Waals surface area (Å²) in [4.78, 5) is 29.5. The van der Waals surface area contributed by atoms with Gasteiger partial charge in [0.25, 0.3) is 5.91 Å². The summed E-state index contributed by atoms with van der Waals surface area (Å²) in [7, 11) is 0. The molecule has 2 aliphatic rings. The van der Waals surface area contributed by atoms with Crippen molar-refractivity contribution in [2.75, 3.05) is 0 Å². The molecular formula is C30H27F6N5O3. The first kappa shape index (κ1) is 31.0. The van der Waals surface area contributed by atoms with Crippen LogP contribution >= 0.6 is 0 Å². The fourth-order valence-corrected chi connectivity index (χ4v) is 5.81. The standard InChI is InChI=1S/C30H27F6N5O3/c1-13(6-19(14(2)31)29(37)44)18-4-3-5-38-25(18)22(9-15-7-16(32)10-17(33)8-15)39-23(42)12-41-26-24(20-11-21(20)27(26)43)28(40-41)30(34,35)36/h3-8,10,20-22,27,43H,9,11-12H2,1-2H3,(H2,37,44)(H,39,42). The van der Waals surface area contributed by atoms with Gasteiger partial charge < -0.3 is 16.2 Å². The van der Waals surface area contributed by atoms with Crippen molar-refractivity contribution in [1.29, 1.82) is 0 Å². The molecule has 5 rings (SSSR count). The third-order valence-electron chi connectivity index (χ3n) is 7.78. The first-order valence-electron chi connectivity index (χ1n) is 13.6. The number of pyridine rings is 1. The van der Waals surface area contributed by atoms with E-state index in [4.69, 9.17) is 5.73 Å². The Bertz CT molecular complexity index is 1690. The predicted octanol–water partition coefficient (Wildman–Crippen LogP) is 4.96. The number of aliphatic hydroxyl groups excluding tert-OH is 1. The number of benzene rings is 1. The molecule has 1 saturated carbocycles. The molecule has 1 fully saturated rings. The quantitative estimate of drug-likeness (QED) is 0.178. The average Bonchev–Trinajstić information content (AvgIpc) is 3.54. The normalized spacial score (nSPS) is 20.5. The Balaban J connectivity index is 1.51. The lowest BCUT2D eigenvalue weighted by Crippen LogP contribution is -2.34. The Kier molecular flexibility index (Phi) is 8.14. The predicted molar refractivity (Wildman–Crippen MR) is 145 cm³/mol. The molecule has 2 aromatic heterocycles. The zero-order chi connectivity index (χ0) is 32.1. The minimum Gasteiger partial charge on any atom is -0.386 e. The monoisotopic (exact) mass is 619 g/mol. The maximum absolute atomic E-state index is 14.1. The van der Waals surface area contributed by atoms with Crippen LogP contribution in [-0.2, 0) is 28.7 Å². The maximum atomic E-state index is 14.1. The third kappa shape index (κ3) is 6.11. The van der Waals surface area contributed by atoms with Crippen LogP contribution in [0.4, 0.5) is 26.3 Å². The molecule has 232 valence electrons. The molecule has 0 aliphatic heterocycles. The van der Waals surface area contributed by atoms with Crippen LogP contribution in [0.3, 0.4) is 0 Å². The van der Waals surface area contributed by atoms with Crippen molar-refractivity contribution in [2.24, 2.45) is 11.7 Å². The van der Waals surface area contributed by atoms with Gasteiger partial charge in [-0.15, -0.1) is 0 Å². The van der Waals surface area contributed by atoms with Crippen LogP contribution in [0.2, 0.25) is 0 Å². The number of aromatic nitrogens is 3. The van der Waals surface area contributed by atoms with Gasteiger partial charge in [-0.1, -0.05) is 6.07 Å². The zero-order valence-corrected chi connectivity index (χ0v) is 23.4. The number of rotatable bonds is 9. The van der Waals surface area contributed by atoms with E-state index >= 15 is 0 Å². The van der Waals surface area contributed by atoms with Gasteiger partial charge in [0, 0.05) is 23.4 Å². The first-order chi connectivity index (χ1) is 20.6. The second-order valence-corrected chi connectivity index (χ2v) is 10.9. The number of hydrogen-bond acceptors (Lipinski definition) is 5. The third-order valence-corrected chi connectivity index (χ3v) is 7.78. The van der Waals surface area contributed by atoms with E-state index in [1.807, 2.05) is 0 Å². The van der Waals surface area contributed by atoms with Gasteiger partial charge in [-0.25, -0.2) is 13.2 Å². The summed E-state index contributed by atoms with van der Waals surface area (Å²) < 4.78 is 84.3. The molecular weight excluding hydrogens is 592 g/mol. The minimum atomic E-state index is -4.80. The number of allylic oxidation sites excluding steroid dienone is 2. The number of hydrogen-bond donors (Lipinski definition) is 3. The lowest BCUT2D eigenvalue weighted by atomic mass is 9.94. The SMILES string of the molecule is CC(=CC(C(N)=O)=C(C)F)c1cccnc1C(Cc1cc(F)cc(F)c1)NC(=O)Cn1nc(C(F)(F)F)c2c1C(O)C1CC21. The fourth-order valence-electron chi connectivity index (χ4n) is 5.81. The van der Waals surface area contributed by atoms with Gasteiger partial charge in [0.2, 0.25) is 5.91 Å². The van der Waals surface area contributed by atoms with Crippen LogP contribution < -0.4 is 11.1 Å². The van der Waals surface area contributed by atoms with Crippen molar-refractivity contribution in [1.82, 2.24) is 20.1 Å².